The minimum absolute atomic E-state index is 0.0168. The summed E-state index contributed by atoms with van der Waals surface area (Å²) in [6, 6.07) is 8.97. The van der Waals surface area contributed by atoms with Crippen LogP contribution < -0.4 is 4.72 Å². The SMILES string of the molecule is Cc1c(O)cccc1NS(=O)(=O)c1cccnc1C#N. The highest BCUT2D eigenvalue weighted by atomic mass is 32.2. The molecule has 1 aromatic heterocycles. The Hall–Kier alpha value is -2.59. The van der Waals surface area contributed by atoms with Gasteiger partial charge in [-0.05, 0) is 31.2 Å². The van der Waals surface area contributed by atoms with E-state index >= 15 is 0 Å². The van der Waals surface area contributed by atoms with E-state index in [1.54, 1.807) is 13.0 Å². The van der Waals surface area contributed by atoms with Crippen LogP contribution in [-0.2, 0) is 10.0 Å². The summed E-state index contributed by atoms with van der Waals surface area (Å²) in [5, 5.41) is 18.5. The third-order valence-corrected chi connectivity index (χ3v) is 4.11. The second kappa shape index (κ2) is 5.19. The Morgan fingerprint density at radius 1 is 1.30 bits per heavy atom. The van der Waals surface area contributed by atoms with Crippen molar-refractivity contribution in [2.75, 3.05) is 4.72 Å². The quantitative estimate of drug-likeness (QED) is 0.896. The molecule has 0 spiro atoms. The first kappa shape index (κ1) is 13.8. The van der Waals surface area contributed by atoms with Gasteiger partial charge in [-0.3, -0.25) is 4.72 Å². The molecule has 2 N–H and O–H groups in total. The number of pyridine rings is 1. The van der Waals surface area contributed by atoms with Crippen molar-refractivity contribution in [3.8, 4) is 11.8 Å². The molecular weight excluding hydrogens is 278 g/mol. The predicted molar refractivity (Wildman–Crippen MR) is 72.6 cm³/mol. The Morgan fingerprint density at radius 3 is 2.75 bits per heavy atom. The zero-order valence-electron chi connectivity index (χ0n) is 10.5. The van der Waals surface area contributed by atoms with Crippen molar-refractivity contribution < 1.29 is 13.5 Å². The lowest BCUT2D eigenvalue weighted by Gasteiger charge is -2.11. The molecule has 1 heterocycles. The topological polar surface area (TPSA) is 103 Å². The second-order valence-corrected chi connectivity index (χ2v) is 5.67. The van der Waals surface area contributed by atoms with Gasteiger partial charge in [-0.1, -0.05) is 6.07 Å². The van der Waals surface area contributed by atoms with Gasteiger partial charge >= 0.3 is 0 Å². The molecule has 0 amide bonds. The van der Waals surface area contributed by atoms with Crippen molar-refractivity contribution in [1.82, 2.24) is 4.98 Å². The number of aromatic hydroxyl groups is 1. The van der Waals surface area contributed by atoms with Gasteiger partial charge in [-0.15, -0.1) is 0 Å². The molecule has 6 nitrogen and oxygen atoms in total. The first-order valence-corrected chi connectivity index (χ1v) is 7.10. The van der Waals surface area contributed by atoms with Crippen molar-refractivity contribution in [3.05, 3.63) is 47.8 Å². The Kier molecular flexibility index (Phi) is 3.59. The van der Waals surface area contributed by atoms with E-state index in [0.29, 0.717) is 5.56 Å². The van der Waals surface area contributed by atoms with E-state index in [-0.39, 0.29) is 22.0 Å². The van der Waals surface area contributed by atoms with Gasteiger partial charge in [-0.25, -0.2) is 13.4 Å². The maximum atomic E-state index is 12.3. The van der Waals surface area contributed by atoms with Crippen LogP contribution in [0.2, 0.25) is 0 Å². The summed E-state index contributed by atoms with van der Waals surface area (Å²) in [6.07, 6.45) is 1.34. The van der Waals surface area contributed by atoms with Crippen LogP contribution in [0, 0.1) is 18.3 Å². The molecule has 0 radical (unpaired) electrons. The van der Waals surface area contributed by atoms with Crippen LogP contribution in [0.1, 0.15) is 11.3 Å². The van der Waals surface area contributed by atoms with E-state index in [0.717, 1.165) is 0 Å². The minimum atomic E-state index is -3.94. The highest BCUT2D eigenvalue weighted by molar-refractivity contribution is 7.92. The van der Waals surface area contributed by atoms with E-state index in [1.165, 1.54) is 36.5 Å². The molecule has 0 aliphatic rings. The number of benzene rings is 1. The smallest absolute Gasteiger partial charge is 0.264 e. The molecule has 1 aromatic carbocycles. The van der Waals surface area contributed by atoms with Gasteiger partial charge in [0.2, 0.25) is 0 Å². The van der Waals surface area contributed by atoms with Crippen LogP contribution in [-0.4, -0.2) is 18.5 Å². The van der Waals surface area contributed by atoms with Crippen LogP contribution in [0.4, 0.5) is 5.69 Å². The molecule has 2 rings (SSSR count). The number of hydrogen-bond donors (Lipinski definition) is 2. The van der Waals surface area contributed by atoms with Gasteiger partial charge in [-0.2, -0.15) is 5.26 Å². The summed E-state index contributed by atoms with van der Waals surface area (Å²) in [6.45, 7) is 1.58. The third kappa shape index (κ3) is 2.55. The van der Waals surface area contributed by atoms with E-state index in [1.807, 2.05) is 0 Å². The van der Waals surface area contributed by atoms with Gasteiger partial charge in [0.15, 0.2) is 5.69 Å². The lowest BCUT2D eigenvalue weighted by atomic mass is 10.2. The summed E-state index contributed by atoms with van der Waals surface area (Å²) in [5.74, 6) is -0.0168. The first-order valence-electron chi connectivity index (χ1n) is 5.62. The summed E-state index contributed by atoms with van der Waals surface area (Å²) in [5.41, 5.74) is 0.467. The van der Waals surface area contributed by atoms with Gasteiger partial charge in [0, 0.05) is 11.8 Å². The normalized spacial score (nSPS) is 10.8. The van der Waals surface area contributed by atoms with Crippen molar-refractivity contribution in [2.45, 2.75) is 11.8 Å². The van der Waals surface area contributed by atoms with Gasteiger partial charge < -0.3 is 5.11 Å². The van der Waals surface area contributed by atoms with Crippen molar-refractivity contribution in [3.63, 3.8) is 0 Å². The maximum Gasteiger partial charge on any atom is 0.264 e. The fraction of sp³-hybridized carbons (Fsp3) is 0.0769. The number of sulfonamides is 1. The average Bonchev–Trinajstić information content (AvgIpc) is 2.43. The van der Waals surface area contributed by atoms with Crippen molar-refractivity contribution in [2.24, 2.45) is 0 Å². The average molecular weight is 289 g/mol. The predicted octanol–water partition coefficient (Wildman–Crippen LogP) is 1.77. The third-order valence-electron chi connectivity index (χ3n) is 2.72. The van der Waals surface area contributed by atoms with Crippen molar-refractivity contribution in [1.29, 1.82) is 5.26 Å². The summed E-state index contributed by atoms with van der Waals surface area (Å²) in [7, 11) is -3.94. The largest absolute Gasteiger partial charge is 0.508 e. The molecule has 0 fully saturated rings. The Morgan fingerprint density at radius 2 is 2.05 bits per heavy atom. The highest BCUT2D eigenvalue weighted by Crippen LogP contribution is 2.26. The first-order chi connectivity index (χ1) is 9.45. The number of nitrogens with zero attached hydrogens (tertiary/aromatic N) is 2. The lowest BCUT2D eigenvalue weighted by Crippen LogP contribution is -2.15. The highest BCUT2D eigenvalue weighted by Gasteiger charge is 2.20. The molecule has 7 heteroatoms. The number of anilines is 1. The molecule has 20 heavy (non-hydrogen) atoms. The second-order valence-electron chi connectivity index (χ2n) is 4.02. The van der Waals surface area contributed by atoms with E-state index in [4.69, 9.17) is 5.26 Å². The summed E-state index contributed by atoms with van der Waals surface area (Å²) < 4.78 is 26.9. The van der Waals surface area contributed by atoms with Crippen LogP contribution in [0.3, 0.4) is 0 Å². The number of hydrogen-bond acceptors (Lipinski definition) is 5. The van der Waals surface area contributed by atoms with E-state index in [2.05, 4.69) is 9.71 Å². The Balaban J connectivity index is 2.47. The zero-order chi connectivity index (χ0) is 14.8. The molecule has 0 atom stereocenters. The Labute approximate surface area is 116 Å². The fourth-order valence-corrected chi connectivity index (χ4v) is 2.86. The minimum Gasteiger partial charge on any atom is -0.508 e. The lowest BCUT2D eigenvalue weighted by molar-refractivity contribution is 0.471. The molecule has 0 saturated heterocycles. The maximum absolute atomic E-state index is 12.3. The zero-order valence-corrected chi connectivity index (χ0v) is 11.3. The number of phenolic OH excluding ortho intramolecular Hbond substituents is 1. The fourth-order valence-electron chi connectivity index (χ4n) is 1.63. The van der Waals surface area contributed by atoms with Crippen LogP contribution in [0.15, 0.2) is 41.4 Å². The molecule has 0 aliphatic carbocycles. The Bertz CT molecular complexity index is 795. The molecule has 2 aromatic rings. The van der Waals surface area contributed by atoms with Gasteiger partial charge in [0.05, 0.1) is 5.69 Å². The summed E-state index contributed by atoms with van der Waals surface area (Å²) in [4.78, 5) is 3.51. The van der Waals surface area contributed by atoms with Crippen LogP contribution in [0.25, 0.3) is 0 Å². The molecule has 102 valence electrons. The number of aromatic nitrogens is 1. The standard InChI is InChI=1S/C13H11N3O3S/c1-9-10(4-2-5-12(9)17)16-20(18,19)13-6-3-7-15-11(13)8-14/h2-7,16-17H,1H3. The number of phenols is 1. The van der Waals surface area contributed by atoms with Gasteiger partial charge in [0.25, 0.3) is 10.0 Å². The molecule has 0 unspecified atom stereocenters. The van der Waals surface area contributed by atoms with Crippen molar-refractivity contribution >= 4 is 15.7 Å². The van der Waals surface area contributed by atoms with E-state index < -0.39 is 10.0 Å². The summed E-state index contributed by atoms with van der Waals surface area (Å²) >= 11 is 0. The molecule has 0 bridgehead atoms. The molecular formula is C13H11N3O3S. The van der Waals surface area contributed by atoms with E-state index in [9.17, 15) is 13.5 Å². The van der Waals surface area contributed by atoms with Crippen LogP contribution in [0.5, 0.6) is 5.75 Å². The monoisotopic (exact) mass is 289 g/mol. The molecule has 0 saturated carbocycles. The van der Waals surface area contributed by atoms with Crippen LogP contribution >= 0.6 is 0 Å². The number of nitrogens with one attached hydrogen (secondary N) is 1. The molecule has 0 aliphatic heterocycles. The number of nitriles is 1. The number of rotatable bonds is 3. The van der Waals surface area contributed by atoms with Gasteiger partial charge in [0.1, 0.15) is 16.7 Å².